The first kappa shape index (κ1) is 25.4. The molecule has 2 aromatic rings. The van der Waals surface area contributed by atoms with E-state index in [1.54, 1.807) is 6.92 Å². The lowest BCUT2D eigenvalue weighted by atomic mass is 10.1. The Balaban J connectivity index is 1.87. The second-order valence-corrected chi connectivity index (χ2v) is 7.65. The number of anilines is 2. The number of amides is 1. The van der Waals surface area contributed by atoms with Gasteiger partial charge in [0.15, 0.2) is 17.9 Å². The smallest absolute Gasteiger partial charge is 0.273 e. The van der Waals surface area contributed by atoms with Gasteiger partial charge in [-0.15, -0.1) is 0 Å². The molecule has 1 aliphatic heterocycles. The normalized spacial score (nSPS) is 14.2. The van der Waals surface area contributed by atoms with Gasteiger partial charge in [-0.1, -0.05) is 12.6 Å². The first-order valence-corrected chi connectivity index (χ1v) is 10.5. The molecule has 0 unspecified atom stereocenters. The Kier molecular flexibility index (Phi) is 8.05. The number of carbonyl (C=O) groups excluding carboxylic acids is 1. The molecular weight excluding hydrogens is 458 g/mol. The number of aryl methyl sites for hydroxylation is 1. The summed E-state index contributed by atoms with van der Waals surface area (Å²) in [5, 5.41) is 2.57. The summed E-state index contributed by atoms with van der Waals surface area (Å²) in [5.74, 6) is -5.09. The highest BCUT2D eigenvalue weighted by Crippen LogP contribution is 2.34. The number of nitrogens with one attached hydrogen (secondary N) is 3. The number of ether oxygens (including phenoxy) is 2. The van der Waals surface area contributed by atoms with E-state index in [0.717, 1.165) is 6.07 Å². The molecule has 0 saturated carbocycles. The molecule has 0 atom stereocenters. The first-order valence-electron chi connectivity index (χ1n) is 10.5. The van der Waals surface area contributed by atoms with E-state index in [2.05, 4.69) is 32.7 Å². The summed E-state index contributed by atoms with van der Waals surface area (Å²) in [6, 6.07) is 3.56. The van der Waals surface area contributed by atoms with E-state index < -0.39 is 35.3 Å². The molecule has 1 amide bonds. The molecule has 0 spiro atoms. The SMILES string of the molecule is C=C(F)CCNC(=O)Cc1nc(C)nc(NNc2cccc(C(C)(F)F)c2F)c1C1OCCO1. The van der Waals surface area contributed by atoms with Crippen LogP contribution in [0.5, 0.6) is 0 Å². The molecule has 12 heteroatoms. The van der Waals surface area contributed by atoms with Crippen LogP contribution < -0.4 is 16.2 Å². The number of nitrogens with zero attached hydrogens (tertiary/aromatic N) is 2. The van der Waals surface area contributed by atoms with Crippen molar-refractivity contribution in [1.29, 1.82) is 0 Å². The largest absolute Gasteiger partial charge is 0.355 e. The maximum atomic E-state index is 14.6. The van der Waals surface area contributed by atoms with Gasteiger partial charge in [-0.25, -0.2) is 27.5 Å². The molecule has 1 saturated heterocycles. The summed E-state index contributed by atoms with van der Waals surface area (Å²) >= 11 is 0. The summed E-state index contributed by atoms with van der Waals surface area (Å²) in [6.45, 7) is 5.97. The summed E-state index contributed by atoms with van der Waals surface area (Å²) < 4.78 is 65.9. The lowest BCUT2D eigenvalue weighted by Gasteiger charge is -2.20. The lowest BCUT2D eigenvalue weighted by Crippen LogP contribution is -2.28. The highest BCUT2D eigenvalue weighted by atomic mass is 19.3. The topological polar surface area (TPSA) is 97.4 Å². The molecule has 0 aliphatic carbocycles. The average molecular weight is 483 g/mol. The van der Waals surface area contributed by atoms with Crippen LogP contribution in [0.3, 0.4) is 0 Å². The third-order valence-corrected chi connectivity index (χ3v) is 4.83. The van der Waals surface area contributed by atoms with E-state index in [1.807, 2.05) is 0 Å². The Morgan fingerprint density at radius 2 is 1.94 bits per heavy atom. The number of benzene rings is 1. The molecule has 3 N–H and O–H groups in total. The minimum atomic E-state index is -3.38. The first-order chi connectivity index (χ1) is 16.1. The van der Waals surface area contributed by atoms with Crippen molar-refractivity contribution >= 4 is 17.4 Å². The number of halogens is 4. The van der Waals surface area contributed by atoms with E-state index >= 15 is 0 Å². The van der Waals surface area contributed by atoms with Crippen LogP contribution in [0.2, 0.25) is 0 Å². The zero-order valence-electron chi connectivity index (χ0n) is 18.7. The molecule has 34 heavy (non-hydrogen) atoms. The van der Waals surface area contributed by atoms with Crippen molar-refractivity contribution in [3.8, 4) is 0 Å². The maximum Gasteiger partial charge on any atom is 0.273 e. The molecule has 1 aliphatic rings. The summed E-state index contributed by atoms with van der Waals surface area (Å²) in [4.78, 5) is 21.0. The average Bonchev–Trinajstić information content (AvgIpc) is 3.26. The van der Waals surface area contributed by atoms with Crippen LogP contribution >= 0.6 is 0 Å². The van der Waals surface area contributed by atoms with Gasteiger partial charge in [0.25, 0.3) is 5.92 Å². The quantitative estimate of drug-likeness (QED) is 0.347. The Bertz CT molecular complexity index is 1060. The van der Waals surface area contributed by atoms with Crippen molar-refractivity contribution in [1.82, 2.24) is 15.3 Å². The second kappa shape index (κ2) is 10.8. The van der Waals surface area contributed by atoms with E-state index in [9.17, 15) is 22.4 Å². The van der Waals surface area contributed by atoms with Gasteiger partial charge in [-0.05, 0) is 19.1 Å². The fourth-order valence-corrected chi connectivity index (χ4v) is 3.29. The molecule has 0 radical (unpaired) electrons. The van der Waals surface area contributed by atoms with Gasteiger partial charge >= 0.3 is 0 Å². The Morgan fingerprint density at radius 3 is 2.59 bits per heavy atom. The number of aromatic nitrogens is 2. The molecule has 184 valence electrons. The molecule has 3 rings (SSSR count). The number of hydrogen-bond acceptors (Lipinski definition) is 7. The molecule has 1 aromatic carbocycles. The number of rotatable bonds is 10. The standard InChI is InChI=1S/C22H25F4N5O3/c1-12(23)7-8-27-17(32)11-16-18(21-33-9-10-34-21)20(29-13(2)28-16)31-30-15-6-4-5-14(19(15)24)22(3,25)26/h4-6,21,30H,1,7-11H2,2-3H3,(H,27,32)(H,28,29,31). The van der Waals surface area contributed by atoms with Crippen molar-refractivity contribution in [3.05, 3.63) is 59.1 Å². The third-order valence-electron chi connectivity index (χ3n) is 4.83. The zero-order valence-corrected chi connectivity index (χ0v) is 18.7. The van der Waals surface area contributed by atoms with Crippen molar-refractivity contribution < 1.29 is 31.8 Å². The van der Waals surface area contributed by atoms with Crippen LogP contribution in [0.25, 0.3) is 0 Å². The highest BCUT2D eigenvalue weighted by molar-refractivity contribution is 5.79. The van der Waals surface area contributed by atoms with Gasteiger partial charge in [0.2, 0.25) is 5.91 Å². The van der Waals surface area contributed by atoms with Crippen molar-refractivity contribution in [3.63, 3.8) is 0 Å². The fraction of sp³-hybridized carbons (Fsp3) is 0.409. The summed E-state index contributed by atoms with van der Waals surface area (Å²) in [6.07, 6.45) is -1.12. The minimum absolute atomic E-state index is 0.0194. The van der Waals surface area contributed by atoms with E-state index in [-0.39, 0.29) is 61.2 Å². The van der Waals surface area contributed by atoms with Crippen LogP contribution in [0.1, 0.15) is 42.3 Å². The number of carbonyl (C=O) groups is 1. The molecule has 1 aromatic heterocycles. The predicted octanol–water partition coefficient (Wildman–Crippen LogP) is 4.05. The van der Waals surface area contributed by atoms with Crippen molar-refractivity contribution in [2.45, 2.75) is 38.9 Å². The molecule has 1 fully saturated rings. The highest BCUT2D eigenvalue weighted by Gasteiger charge is 2.30. The number of hydrogen-bond donors (Lipinski definition) is 3. The van der Waals surface area contributed by atoms with Gasteiger partial charge < -0.3 is 14.8 Å². The monoisotopic (exact) mass is 483 g/mol. The molecule has 0 bridgehead atoms. The number of alkyl halides is 2. The molecule has 8 nitrogen and oxygen atoms in total. The minimum Gasteiger partial charge on any atom is -0.355 e. The lowest BCUT2D eigenvalue weighted by molar-refractivity contribution is -0.120. The summed E-state index contributed by atoms with van der Waals surface area (Å²) in [5.41, 5.74) is 4.81. The Morgan fingerprint density at radius 1 is 1.24 bits per heavy atom. The van der Waals surface area contributed by atoms with Crippen LogP contribution in [-0.4, -0.2) is 35.6 Å². The van der Waals surface area contributed by atoms with Crippen molar-refractivity contribution in [2.24, 2.45) is 0 Å². The van der Waals surface area contributed by atoms with E-state index in [0.29, 0.717) is 6.92 Å². The van der Waals surface area contributed by atoms with E-state index in [4.69, 9.17) is 9.47 Å². The van der Waals surface area contributed by atoms with Gasteiger partial charge in [0.05, 0.1) is 48.0 Å². The predicted molar refractivity (Wildman–Crippen MR) is 116 cm³/mol. The van der Waals surface area contributed by atoms with Gasteiger partial charge in [-0.2, -0.15) is 0 Å². The maximum absolute atomic E-state index is 14.6. The van der Waals surface area contributed by atoms with Crippen LogP contribution in [-0.2, 0) is 26.6 Å². The fourth-order valence-electron chi connectivity index (χ4n) is 3.29. The van der Waals surface area contributed by atoms with Crippen molar-refractivity contribution in [2.75, 3.05) is 30.6 Å². The molecular formula is C22H25F4N5O3. The van der Waals surface area contributed by atoms with Gasteiger partial charge in [0, 0.05) is 19.9 Å². The van der Waals surface area contributed by atoms with Gasteiger partial charge in [-0.3, -0.25) is 15.6 Å². The molecule has 2 heterocycles. The van der Waals surface area contributed by atoms with Crippen LogP contribution in [0.4, 0.5) is 29.1 Å². The Labute approximate surface area is 193 Å². The third kappa shape index (κ3) is 6.41. The Hall–Kier alpha value is -3.25. The zero-order chi connectivity index (χ0) is 24.9. The van der Waals surface area contributed by atoms with E-state index in [1.165, 1.54) is 12.1 Å². The summed E-state index contributed by atoms with van der Waals surface area (Å²) in [7, 11) is 0. The van der Waals surface area contributed by atoms with Gasteiger partial charge in [0.1, 0.15) is 5.82 Å². The second-order valence-electron chi connectivity index (χ2n) is 7.65. The van der Waals surface area contributed by atoms with Crippen LogP contribution in [0.15, 0.2) is 30.6 Å². The van der Waals surface area contributed by atoms with Crippen LogP contribution in [0, 0.1) is 12.7 Å². The number of hydrazine groups is 1.